The Morgan fingerprint density at radius 3 is 3.00 bits per heavy atom. The third-order valence-corrected chi connectivity index (χ3v) is 3.43. The van der Waals surface area contributed by atoms with Crippen LogP contribution in [0.3, 0.4) is 0 Å². The van der Waals surface area contributed by atoms with E-state index in [0.29, 0.717) is 0 Å². The first-order chi connectivity index (χ1) is 6.83. The molecule has 2 rings (SSSR count). The lowest BCUT2D eigenvalue weighted by atomic mass is 10.1. The predicted molar refractivity (Wildman–Crippen MR) is 57.8 cm³/mol. The van der Waals surface area contributed by atoms with Crippen molar-refractivity contribution in [3.63, 3.8) is 0 Å². The molecule has 0 amide bonds. The Labute approximate surface area is 87.5 Å². The molecule has 1 atom stereocenters. The summed E-state index contributed by atoms with van der Waals surface area (Å²) in [6, 6.07) is 2.12. The van der Waals surface area contributed by atoms with Gasteiger partial charge in [-0.1, -0.05) is 0 Å². The van der Waals surface area contributed by atoms with Crippen LogP contribution >= 0.6 is 11.3 Å². The molecule has 0 aromatic carbocycles. The van der Waals surface area contributed by atoms with E-state index in [-0.39, 0.29) is 6.04 Å². The van der Waals surface area contributed by atoms with Crippen LogP contribution in [0.2, 0.25) is 0 Å². The molecule has 2 heterocycles. The molecule has 4 heteroatoms. The Kier molecular flexibility index (Phi) is 2.86. The Morgan fingerprint density at radius 2 is 2.50 bits per heavy atom. The van der Waals surface area contributed by atoms with E-state index in [1.54, 1.807) is 11.3 Å². The fraction of sp³-hybridized carbons (Fsp3) is 0.400. The summed E-state index contributed by atoms with van der Waals surface area (Å²) in [6.07, 6.45) is 3.08. The molecule has 0 aliphatic carbocycles. The third kappa shape index (κ3) is 1.68. The molecule has 3 nitrogen and oxygen atoms in total. The summed E-state index contributed by atoms with van der Waals surface area (Å²) in [5, 5.41) is 2.07. The summed E-state index contributed by atoms with van der Waals surface area (Å²) in [7, 11) is 0. The minimum absolute atomic E-state index is 0.0255. The van der Waals surface area contributed by atoms with E-state index in [0.717, 1.165) is 18.8 Å². The minimum Gasteiger partial charge on any atom is -0.496 e. The lowest BCUT2D eigenvalue weighted by Gasteiger charge is -2.16. The first kappa shape index (κ1) is 9.71. The fourth-order valence-electron chi connectivity index (χ4n) is 1.61. The van der Waals surface area contributed by atoms with E-state index in [2.05, 4.69) is 29.9 Å². The van der Waals surface area contributed by atoms with Crippen molar-refractivity contribution in [1.82, 2.24) is 5.43 Å². The van der Waals surface area contributed by atoms with Crippen molar-refractivity contribution in [3.8, 4) is 0 Å². The van der Waals surface area contributed by atoms with Crippen molar-refractivity contribution in [1.29, 1.82) is 0 Å². The molecule has 0 saturated heterocycles. The van der Waals surface area contributed by atoms with Crippen LogP contribution in [-0.4, -0.2) is 6.61 Å². The number of nitrogens with one attached hydrogen (secondary N) is 1. The van der Waals surface area contributed by atoms with Gasteiger partial charge in [-0.3, -0.25) is 5.84 Å². The molecule has 1 aromatic rings. The topological polar surface area (TPSA) is 47.3 Å². The van der Waals surface area contributed by atoms with E-state index in [1.165, 1.54) is 10.4 Å². The molecule has 3 N–H and O–H groups in total. The van der Waals surface area contributed by atoms with Crippen LogP contribution in [-0.2, 0) is 4.74 Å². The number of ether oxygens (including phenoxy) is 1. The molecule has 1 aliphatic heterocycles. The van der Waals surface area contributed by atoms with Crippen LogP contribution in [0.25, 0.3) is 0 Å². The smallest absolute Gasteiger partial charge is 0.116 e. The van der Waals surface area contributed by atoms with Gasteiger partial charge in [0.15, 0.2) is 0 Å². The van der Waals surface area contributed by atoms with Gasteiger partial charge in [-0.05, 0) is 30.0 Å². The van der Waals surface area contributed by atoms with Crippen molar-refractivity contribution >= 4 is 11.3 Å². The maximum Gasteiger partial charge on any atom is 0.116 e. The average molecular weight is 210 g/mol. The number of hydrogen-bond donors (Lipinski definition) is 2. The van der Waals surface area contributed by atoms with E-state index in [1.807, 2.05) is 0 Å². The summed E-state index contributed by atoms with van der Waals surface area (Å²) in [5.74, 6) is 6.51. The van der Waals surface area contributed by atoms with Gasteiger partial charge < -0.3 is 4.74 Å². The van der Waals surface area contributed by atoms with Gasteiger partial charge in [0.05, 0.1) is 6.61 Å². The van der Waals surface area contributed by atoms with Crippen LogP contribution in [0, 0.1) is 6.92 Å². The van der Waals surface area contributed by atoms with E-state index in [9.17, 15) is 0 Å². The van der Waals surface area contributed by atoms with Gasteiger partial charge in [-0.2, -0.15) is 0 Å². The van der Waals surface area contributed by atoms with Crippen molar-refractivity contribution in [2.24, 2.45) is 5.84 Å². The van der Waals surface area contributed by atoms with Crippen molar-refractivity contribution in [2.45, 2.75) is 19.4 Å². The van der Waals surface area contributed by atoms with Crippen LogP contribution in [0.15, 0.2) is 23.3 Å². The molecule has 1 aliphatic rings. The van der Waals surface area contributed by atoms with Gasteiger partial charge in [0.25, 0.3) is 0 Å². The number of hydrazine groups is 1. The molecule has 0 spiro atoms. The zero-order valence-electron chi connectivity index (χ0n) is 8.12. The van der Waals surface area contributed by atoms with Crippen molar-refractivity contribution in [3.05, 3.63) is 33.7 Å². The number of nitrogens with two attached hydrogens (primary N) is 1. The number of rotatable bonds is 3. The first-order valence-electron chi connectivity index (χ1n) is 4.66. The molecule has 76 valence electrons. The number of hydrogen-bond acceptors (Lipinski definition) is 4. The Balaban J connectivity index is 2.25. The largest absolute Gasteiger partial charge is 0.496 e. The van der Waals surface area contributed by atoms with Gasteiger partial charge in [0.2, 0.25) is 0 Å². The van der Waals surface area contributed by atoms with Gasteiger partial charge in [0.1, 0.15) is 11.8 Å². The monoisotopic (exact) mass is 210 g/mol. The maximum atomic E-state index is 5.55. The number of aryl methyl sites for hydroxylation is 1. The third-order valence-electron chi connectivity index (χ3n) is 2.35. The average Bonchev–Trinajstić information content (AvgIpc) is 2.80. The molecule has 0 bridgehead atoms. The van der Waals surface area contributed by atoms with Gasteiger partial charge in [-0.15, -0.1) is 11.3 Å². The summed E-state index contributed by atoms with van der Waals surface area (Å²) in [5.41, 5.74) is 4.06. The molecule has 14 heavy (non-hydrogen) atoms. The molecule has 0 fully saturated rings. The number of thiophene rings is 1. The summed E-state index contributed by atoms with van der Waals surface area (Å²) in [6.45, 7) is 2.86. The van der Waals surface area contributed by atoms with Crippen LogP contribution in [0.5, 0.6) is 0 Å². The molecule has 0 saturated carbocycles. The molecular weight excluding hydrogens is 196 g/mol. The van der Waals surface area contributed by atoms with Gasteiger partial charge in [-0.25, -0.2) is 5.43 Å². The fourth-order valence-corrected chi connectivity index (χ4v) is 2.60. The quantitative estimate of drug-likeness (QED) is 0.591. The minimum atomic E-state index is 0.0255. The van der Waals surface area contributed by atoms with E-state index >= 15 is 0 Å². The Hall–Kier alpha value is -0.840. The van der Waals surface area contributed by atoms with Crippen LogP contribution in [0.4, 0.5) is 0 Å². The SMILES string of the molecule is Cc1ccsc1C(NN)C1=CCCO1. The first-order valence-corrected chi connectivity index (χ1v) is 5.54. The zero-order valence-corrected chi connectivity index (χ0v) is 8.93. The maximum absolute atomic E-state index is 5.55. The summed E-state index contributed by atoms with van der Waals surface area (Å²) < 4.78 is 5.51. The van der Waals surface area contributed by atoms with E-state index in [4.69, 9.17) is 10.6 Å². The molecule has 1 unspecified atom stereocenters. The van der Waals surface area contributed by atoms with Gasteiger partial charge >= 0.3 is 0 Å². The van der Waals surface area contributed by atoms with Crippen LogP contribution in [0.1, 0.15) is 22.9 Å². The highest BCUT2D eigenvalue weighted by Gasteiger charge is 2.21. The highest BCUT2D eigenvalue weighted by atomic mass is 32.1. The predicted octanol–water partition coefficient (Wildman–Crippen LogP) is 1.87. The zero-order chi connectivity index (χ0) is 9.97. The summed E-state index contributed by atoms with van der Waals surface area (Å²) >= 11 is 1.71. The second kappa shape index (κ2) is 4.13. The second-order valence-corrected chi connectivity index (χ2v) is 4.26. The molecule has 1 aromatic heterocycles. The second-order valence-electron chi connectivity index (χ2n) is 3.31. The lowest BCUT2D eigenvalue weighted by Crippen LogP contribution is -2.29. The normalized spacial score (nSPS) is 17.7. The summed E-state index contributed by atoms with van der Waals surface area (Å²) in [4.78, 5) is 1.24. The lowest BCUT2D eigenvalue weighted by molar-refractivity contribution is 0.216. The van der Waals surface area contributed by atoms with Gasteiger partial charge in [0, 0.05) is 11.3 Å². The van der Waals surface area contributed by atoms with Crippen molar-refractivity contribution < 1.29 is 4.74 Å². The standard InChI is InChI=1S/C10H14N2OS/c1-7-4-6-14-10(7)9(12-11)8-3-2-5-13-8/h3-4,6,9,12H,2,5,11H2,1H3. The highest BCUT2D eigenvalue weighted by Crippen LogP contribution is 2.31. The Morgan fingerprint density at radius 1 is 1.64 bits per heavy atom. The van der Waals surface area contributed by atoms with Crippen LogP contribution < -0.4 is 11.3 Å². The Bertz CT molecular complexity index is 346. The molecular formula is C10H14N2OS. The van der Waals surface area contributed by atoms with Crippen molar-refractivity contribution in [2.75, 3.05) is 6.61 Å². The highest BCUT2D eigenvalue weighted by molar-refractivity contribution is 7.10. The van der Waals surface area contributed by atoms with E-state index < -0.39 is 0 Å². The molecule has 0 radical (unpaired) electrons.